The molecule has 0 atom stereocenters. The summed E-state index contributed by atoms with van der Waals surface area (Å²) >= 11 is 0. The first-order chi connectivity index (χ1) is 14.1. The predicted molar refractivity (Wildman–Crippen MR) is 111 cm³/mol. The molecule has 1 saturated carbocycles. The van der Waals surface area contributed by atoms with Gasteiger partial charge in [0.2, 0.25) is 0 Å². The van der Waals surface area contributed by atoms with E-state index in [1.165, 1.54) is 6.42 Å². The van der Waals surface area contributed by atoms with E-state index in [9.17, 15) is 14.4 Å². The summed E-state index contributed by atoms with van der Waals surface area (Å²) < 4.78 is 4.94. The smallest absolute Gasteiger partial charge is 0.338 e. The van der Waals surface area contributed by atoms with Gasteiger partial charge in [-0.05, 0) is 62.2 Å². The molecule has 6 nitrogen and oxygen atoms in total. The van der Waals surface area contributed by atoms with Crippen molar-refractivity contribution in [1.82, 2.24) is 5.32 Å². The highest BCUT2D eigenvalue weighted by molar-refractivity contribution is 6.06. The number of hydrogen-bond donors (Lipinski definition) is 2. The quantitative estimate of drug-likeness (QED) is 0.720. The molecule has 152 valence electrons. The Morgan fingerprint density at radius 2 is 1.55 bits per heavy atom. The lowest BCUT2D eigenvalue weighted by Gasteiger charge is -2.22. The van der Waals surface area contributed by atoms with Crippen molar-refractivity contribution in [1.29, 1.82) is 0 Å². The number of amides is 2. The summed E-state index contributed by atoms with van der Waals surface area (Å²) in [7, 11) is 0. The molecular formula is C23H26N2O4. The highest BCUT2D eigenvalue weighted by Crippen LogP contribution is 2.18. The first-order valence-corrected chi connectivity index (χ1v) is 10.1. The molecule has 0 bridgehead atoms. The SMILES string of the molecule is CCOC(=O)c1ccc(NC(=O)c2cccc(C(=O)NC3CCCCC3)c2)cc1. The second kappa shape index (κ2) is 9.87. The summed E-state index contributed by atoms with van der Waals surface area (Å²) in [5.41, 5.74) is 1.85. The van der Waals surface area contributed by atoms with Gasteiger partial charge >= 0.3 is 5.97 Å². The van der Waals surface area contributed by atoms with Crippen molar-refractivity contribution in [2.24, 2.45) is 0 Å². The van der Waals surface area contributed by atoms with Crippen molar-refractivity contribution in [3.63, 3.8) is 0 Å². The summed E-state index contributed by atoms with van der Waals surface area (Å²) in [6.45, 7) is 2.05. The number of ether oxygens (including phenoxy) is 1. The number of rotatable bonds is 6. The molecule has 2 aromatic rings. The zero-order chi connectivity index (χ0) is 20.6. The minimum atomic E-state index is -0.401. The van der Waals surface area contributed by atoms with Crippen LogP contribution in [0.15, 0.2) is 48.5 Å². The summed E-state index contributed by atoms with van der Waals surface area (Å²) in [6, 6.07) is 13.4. The van der Waals surface area contributed by atoms with Crippen molar-refractivity contribution < 1.29 is 19.1 Å². The van der Waals surface area contributed by atoms with Gasteiger partial charge in [0.15, 0.2) is 0 Å². The molecule has 1 aliphatic rings. The molecule has 2 N–H and O–H groups in total. The first-order valence-electron chi connectivity index (χ1n) is 10.1. The van der Waals surface area contributed by atoms with Crippen LogP contribution < -0.4 is 10.6 Å². The van der Waals surface area contributed by atoms with E-state index in [0.717, 1.165) is 25.7 Å². The van der Waals surface area contributed by atoms with Gasteiger partial charge in [0, 0.05) is 22.9 Å². The molecular weight excluding hydrogens is 368 g/mol. The normalized spacial score (nSPS) is 14.1. The summed E-state index contributed by atoms with van der Waals surface area (Å²) in [4.78, 5) is 36.8. The van der Waals surface area contributed by atoms with Crippen LogP contribution in [-0.4, -0.2) is 30.4 Å². The van der Waals surface area contributed by atoms with Gasteiger partial charge in [0.1, 0.15) is 0 Å². The Hall–Kier alpha value is -3.15. The Kier molecular flexibility index (Phi) is 7.00. The Labute approximate surface area is 170 Å². The highest BCUT2D eigenvalue weighted by atomic mass is 16.5. The van der Waals surface area contributed by atoms with Crippen LogP contribution in [0.4, 0.5) is 5.69 Å². The number of carbonyl (C=O) groups is 3. The molecule has 3 rings (SSSR count). The third-order valence-corrected chi connectivity index (χ3v) is 4.98. The summed E-state index contributed by atoms with van der Waals surface area (Å²) in [6.07, 6.45) is 5.52. The number of anilines is 1. The minimum Gasteiger partial charge on any atom is -0.462 e. The van der Waals surface area contributed by atoms with Gasteiger partial charge in [-0.2, -0.15) is 0 Å². The van der Waals surface area contributed by atoms with Crippen molar-refractivity contribution in [3.05, 3.63) is 65.2 Å². The molecule has 6 heteroatoms. The molecule has 0 spiro atoms. The fraction of sp³-hybridized carbons (Fsp3) is 0.348. The Bertz CT molecular complexity index is 871. The van der Waals surface area contributed by atoms with Gasteiger partial charge in [0.25, 0.3) is 11.8 Å². The lowest BCUT2D eigenvalue weighted by atomic mass is 9.95. The van der Waals surface area contributed by atoms with Gasteiger partial charge < -0.3 is 15.4 Å². The number of nitrogens with one attached hydrogen (secondary N) is 2. The Balaban J connectivity index is 1.63. The molecule has 0 radical (unpaired) electrons. The number of esters is 1. The van der Waals surface area contributed by atoms with E-state index in [4.69, 9.17) is 4.74 Å². The Morgan fingerprint density at radius 3 is 2.21 bits per heavy atom. The average Bonchev–Trinajstić information content (AvgIpc) is 2.75. The van der Waals surface area contributed by atoms with Crippen LogP contribution in [0, 0.1) is 0 Å². The molecule has 1 fully saturated rings. The zero-order valence-corrected chi connectivity index (χ0v) is 16.6. The second-order valence-corrected chi connectivity index (χ2v) is 7.14. The van der Waals surface area contributed by atoms with Crippen LogP contribution in [0.5, 0.6) is 0 Å². The number of benzene rings is 2. The van der Waals surface area contributed by atoms with Crippen LogP contribution >= 0.6 is 0 Å². The molecule has 0 saturated heterocycles. The molecule has 2 amide bonds. The highest BCUT2D eigenvalue weighted by Gasteiger charge is 2.17. The van der Waals surface area contributed by atoms with Gasteiger partial charge in [-0.3, -0.25) is 9.59 Å². The predicted octanol–water partition coefficient (Wildman–Crippen LogP) is 4.18. The summed E-state index contributed by atoms with van der Waals surface area (Å²) in [5, 5.41) is 5.84. The molecule has 29 heavy (non-hydrogen) atoms. The zero-order valence-electron chi connectivity index (χ0n) is 16.6. The Morgan fingerprint density at radius 1 is 0.897 bits per heavy atom. The van der Waals surface area contributed by atoms with Crippen LogP contribution in [0.25, 0.3) is 0 Å². The van der Waals surface area contributed by atoms with E-state index in [0.29, 0.717) is 29.0 Å². The van der Waals surface area contributed by atoms with E-state index in [-0.39, 0.29) is 17.9 Å². The lowest BCUT2D eigenvalue weighted by molar-refractivity contribution is 0.0526. The van der Waals surface area contributed by atoms with E-state index in [1.807, 2.05) is 0 Å². The molecule has 2 aromatic carbocycles. The summed E-state index contributed by atoms with van der Waals surface area (Å²) in [5.74, 6) is -0.867. The number of hydrogen-bond acceptors (Lipinski definition) is 4. The molecule has 0 aliphatic heterocycles. The average molecular weight is 394 g/mol. The molecule has 0 aromatic heterocycles. The standard InChI is InChI=1S/C23H26N2O4/c1-2-29-23(28)16-11-13-20(14-12-16)25-22(27)18-8-6-7-17(15-18)21(26)24-19-9-4-3-5-10-19/h6-8,11-15,19H,2-5,9-10H2,1H3,(H,24,26)(H,25,27). The van der Waals surface area contributed by atoms with Crippen LogP contribution in [0.1, 0.15) is 70.1 Å². The minimum absolute atomic E-state index is 0.148. The fourth-order valence-electron chi connectivity index (χ4n) is 3.42. The number of carbonyl (C=O) groups excluding carboxylic acids is 3. The van der Waals surface area contributed by atoms with Crippen molar-refractivity contribution in [2.45, 2.75) is 45.1 Å². The maximum Gasteiger partial charge on any atom is 0.338 e. The third kappa shape index (κ3) is 5.67. The molecule has 0 heterocycles. The van der Waals surface area contributed by atoms with Gasteiger partial charge in [-0.15, -0.1) is 0 Å². The topological polar surface area (TPSA) is 84.5 Å². The largest absolute Gasteiger partial charge is 0.462 e. The maximum atomic E-state index is 12.6. The van der Waals surface area contributed by atoms with E-state index < -0.39 is 5.97 Å². The first kappa shape index (κ1) is 20.6. The van der Waals surface area contributed by atoms with Crippen LogP contribution in [-0.2, 0) is 4.74 Å². The van der Waals surface area contributed by atoms with Gasteiger partial charge in [0.05, 0.1) is 12.2 Å². The van der Waals surface area contributed by atoms with Crippen molar-refractivity contribution >= 4 is 23.5 Å². The second-order valence-electron chi connectivity index (χ2n) is 7.14. The molecule has 1 aliphatic carbocycles. The maximum absolute atomic E-state index is 12.6. The van der Waals surface area contributed by atoms with Gasteiger partial charge in [-0.25, -0.2) is 4.79 Å². The van der Waals surface area contributed by atoms with E-state index in [1.54, 1.807) is 55.5 Å². The van der Waals surface area contributed by atoms with Crippen LogP contribution in [0.2, 0.25) is 0 Å². The van der Waals surface area contributed by atoms with Gasteiger partial charge in [-0.1, -0.05) is 25.3 Å². The molecule has 0 unspecified atom stereocenters. The van der Waals surface area contributed by atoms with Crippen LogP contribution in [0.3, 0.4) is 0 Å². The van der Waals surface area contributed by atoms with E-state index in [2.05, 4.69) is 10.6 Å². The van der Waals surface area contributed by atoms with Crippen molar-refractivity contribution in [2.75, 3.05) is 11.9 Å². The lowest BCUT2D eigenvalue weighted by Crippen LogP contribution is -2.36. The van der Waals surface area contributed by atoms with E-state index >= 15 is 0 Å². The van der Waals surface area contributed by atoms with Crippen molar-refractivity contribution in [3.8, 4) is 0 Å². The monoisotopic (exact) mass is 394 g/mol. The third-order valence-electron chi connectivity index (χ3n) is 4.98. The fourth-order valence-corrected chi connectivity index (χ4v) is 3.42.